The van der Waals surface area contributed by atoms with Crippen molar-refractivity contribution < 1.29 is 76.2 Å². The third-order valence-corrected chi connectivity index (χ3v) is 12.0. The molecule has 3 aliphatic rings. The molecule has 2 aliphatic carbocycles. The van der Waals surface area contributed by atoms with Gasteiger partial charge >= 0.3 is 42.0 Å². The Hall–Kier alpha value is -7.31. The van der Waals surface area contributed by atoms with E-state index in [0.717, 1.165) is 79.3 Å². The molecule has 0 unspecified atom stereocenters. The molecule has 18 heteroatoms. The fraction of sp³-hybridized carbons (Fsp3) is 0.392. The Morgan fingerprint density at radius 1 is 0.536 bits per heavy atom. The molecular weight excluding hydrogens is 897 g/mol. The Bertz CT molecular complexity index is 2460. The first-order valence-corrected chi connectivity index (χ1v) is 22.5. The summed E-state index contributed by atoms with van der Waals surface area (Å²) < 4.78 is 51.1. The first-order chi connectivity index (χ1) is 33.2. The average Bonchev–Trinajstić information content (AvgIpc) is 3.83. The Balaban J connectivity index is 1.10. The van der Waals surface area contributed by atoms with Gasteiger partial charge in [0.05, 0.1) is 13.2 Å². The number of methoxy groups -OCH3 is 1. The summed E-state index contributed by atoms with van der Waals surface area (Å²) in [7, 11) is 1.15. The molecule has 1 heterocycles. The van der Waals surface area contributed by atoms with Gasteiger partial charge in [0.1, 0.15) is 32.0 Å². The zero-order valence-corrected chi connectivity index (χ0v) is 38.7. The van der Waals surface area contributed by atoms with Gasteiger partial charge in [-0.05, 0) is 57.3 Å². The van der Waals surface area contributed by atoms with Gasteiger partial charge < -0.3 is 53.3 Å². The van der Waals surface area contributed by atoms with Crippen LogP contribution in [0.15, 0.2) is 97.1 Å². The largest absolute Gasteiger partial charge is 0.467 e. The molecule has 4 aromatic rings. The quantitative estimate of drug-likeness (QED) is 0.0880. The average molecular weight is 951 g/mol. The lowest BCUT2D eigenvalue weighted by Gasteiger charge is -2.44. The number of benzene rings is 4. The monoisotopic (exact) mass is 950 g/mol. The zero-order chi connectivity index (χ0) is 49.2. The van der Waals surface area contributed by atoms with Crippen molar-refractivity contribution in [3.63, 3.8) is 0 Å². The summed E-state index contributed by atoms with van der Waals surface area (Å²) in [6.45, 7) is 3.52. The van der Waals surface area contributed by atoms with Gasteiger partial charge in [0.15, 0.2) is 24.6 Å². The van der Waals surface area contributed by atoms with Crippen LogP contribution >= 0.6 is 0 Å². The molecule has 364 valence electrons. The molecule has 7 rings (SSSR count). The van der Waals surface area contributed by atoms with E-state index < -0.39 is 91.5 Å². The van der Waals surface area contributed by atoms with Crippen LogP contribution in [0.1, 0.15) is 74.6 Å². The van der Waals surface area contributed by atoms with Gasteiger partial charge in [-0.25, -0.2) is 14.4 Å². The Kier molecular flexibility index (Phi) is 16.3. The maximum atomic E-state index is 13.5. The number of esters is 5. The van der Waals surface area contributed by atoms with E-state index in [1.165, 1.54) is 0 Å². The second-order valence-electron chi connectivity index (χ2n) is 16.7. The summed E-state index contributed by atoms with van der Waals surface area (Å²) in [5.41, 5.74) is 8.10. The lowest BCUT2D eigenvalue weighted by molar-refractivity contribution is -0.316. The highest BCUT2D eigenvalue weighted by molar-refractivity contribution is 5.82. The number of fused-ring (bicyclic) bond motifs is 6. The van der Waals surface area contributed by atoms with E-state index in [2.05, 4.69) is 10.6 Å². The normalized spacial score (nSPS) is 19.8. The molecule has 18 nitrogen and oxygen atoms in total. The SMILES string of the molecule is COC(=O)[C@H](CC[C@H](CNC(=O)OCC1c2ccccc2-c2ccccc21)O[C@@H]1O[C@H](COC(C)=O)[C@H](OC(C)=O)[C@H](OC(C)=O)[C@H]1OC(C)=O)NC(=O)OCC1c2ccccc2-c2ccccc21. The number of carbonyl (C=O) groups is 7. The molecule has 1 saturated heterocycles. The fourth-order valence-electron chi connectivity index (χ4n) is 9.08. The number of rotatable bonds is 18. The minimum atomic E-state index is -1.65. The molecule has 2 amide bonds. The summed E-state index contributed by atoms with van der Waals surface area (Å²) in [5, 5.41) is 5.30. The fourth-order valence-corrected chi connectivity index (χ4v) is 9.08. The number of hydrogen-bond acceptors (Lipinski definition) is 16. The summed E-state index contributed by atoms with van der Waals surface area (Å²) in [4.78, 5) is 89.7. The van der Waals surface area contributed by atoms with Crippen LogP contribution in [0.5, 0.6) is 0 Å². The first kappa shape index (κ1) is 49.6. The van der Waals surface area contributed by atoms with Crippen molar-refractivity contribution in [3.05, 3.63) is 119 Å². The number of ether oxygens (including phenoxy) is 9. The molecule has 0 aromatic heterocycles. The highest BCUT2D eigenvalue weighted by Crippen LogP contribution is 2.46. The number of carbonyl (C=O) groups excluding carboxylic acids is 7. The molecule has 0 saturated carbocycles. The van der Waals surface area contributed by atoms with Crippen LogP contribution in [-0.4, -0.2) is 118 Å². The maximum Gasteiger partial charge on any atom is 0.407 e. The van der Waals surface area contributed by atoms with Crippen LogP contribution in [0.2, 0.25) is 0 Å². The van der Waals surface area contributed by atoms with Gasteiger partial charge in [0.2, 0.25) is 0 Å². The molecule has 69 heavy (non-hydrogen) atoms. The minimum absolute atomic E-state index is 0.0143. The van der Waals surface area contributed by atoms with E-state index >= 15 is 0 Å². The molecular formula is C51H54N2O16. The predicted octanol–water partition coefficient (Wildman–Crippen LogP) is 5.85. The summed E-state index contributed by atoms with van der Waals surface area (Å²) in [5.74, 6) is -4.58. The van der Waals surface area contributed by atoms with Crippen LogP contribution in [-0.2, 0) is 66.6 Å². The molecule has 0 radical (unpaired) electrons. The highest BCUT2D eigenvalue weighted by Gasteiger charge is 2.53. The zero-order valence-electron chi connectivity index (χ0n) is 38.7. The topological polar surface area (TPSA) is 227 Å². The summed E-state index contributed by atoms with van der Waals surface area (Å²) >= 11 is 0. The standard InChI is InChI=1S/C51H54N2O16/c1-28(54)62-27-44-45(65-29(2)55)46(66-30(3)56)47(67-31(4)57)49(69-44)68-32(24-52-50(59)63-25-41-37-18-10-6-14-33(37)34-15-7-11-19-38(34)41)22-23-43(48(58)61-5)53-51(60)64-26-42-39-20-12-8-16-35(39)36-17-9-13-21-40(36)42/h6-21,32,41-47,49H,22-27H2,1-5H3,(H,52,59)(H,53,60)/t32-,43+,44-,45+,46+,47-,49-/m1/s1. The molecule has 0 bridgehead atoms. The first-order valence-electron chi connectivity index (χ1n) is 22.5. The van der Waals surface area contributed by atoms with E-state index in [1.54, 1.807) is 0 Å². The van der Waals surface area contributed by atoms with Crippen LogP contribution in [0.3, 0.4) is 0 Å². The van der Waals surface area contributed by atoms with Gasteiger partial charge in [-0.1, -0.05) is 97.1 Å². The lowest BCUT2D eigenvalue weighted by Crippen LogP contribution is -2.63. The highest BCUT2D eigenvalue weighted by atomic mass is 16.7. The van der Waals surface area contributed by atoms with Gasteiger partial charge in [0.25, 0.3) is 0 Å². The van der Waals surface area contributed by atoms with Crippen molar-refractivity contribution in [2.24, 2.45) is 0 Å². The number of hydrogen-bond donors (Lipinski definition) is 2. The Morgan fingerprint density at radius 3 is 1.45 bits per heavy atom. The van der Waals surface area contributed by atoms with Crippen molar-refractivity contribution in [1.29, 1.82) is 0 Å². The van der Waals surface area contributed by atoms with E-state index in [1.807, 2.05) is 97.1 Å². The number of nitrogens with one attached hydrogen (secondary N) is 2. The van der Waals surface area contributed by atoms with Gasteiger partial charge in [-0.3, -0.25) is 19.2 Å². The smallest absolute Gasteiger partial charge is 0.407 e. The Morgan fingerprint density at radius 2 is 0.986 bits per heavy atom. The van der Waals surface area contributed by atoms with E-state index in [9.17, 15) is 33.6 Å². The maximum absolute atomic E-state index is 13.5. The van der Waals surface area contributed by atoms with Crippen LogP contribution in [0, 0.1) is 0 Å². The van der Waals surface area contributed by atoms with Crippen LogP contribution in [0.4, 0.5) is 9.59 Å². The van der Waals surface area contributed by atoms with Gasteiger partial charge in [-0.2, -0.15) is 0 Å². The van der Waals surface area contributed by atoms with Crippen molar-refractivity contribution >= 4 is 42.0 Å². The second-order valence-corrected chi connectivity index (χ2v) is 16.7. The second kappa shape index (κ2) is 22.7. The molecule has 1 aliphatic heterocycles. The third-order valence-electron chi connectivity index (χ3n) is 12.0. The number of alkyl carbamates (subject to hydrolysis) is 2. The van der Waals surface area contributed by atoms with Crippen molar-refractivity contribution in [2.45, 2.75) is 95.2 Å². The van der Waals surface area contributed by atoms with Crippen LogP contribution < -0.4 is 10.6 Å². The molecule has 1 fully saturated rings. The van der Waals surface area contributed by atoms with E-state index in [4.69, 9.17) is 42.6 Å². The molecule has 4 aromatic carbocycles. The summed E-state index contributed by atoms with van der Waals surface area (Å²) in [6, 6.07) is 30.0. The van der Waals surface area contributed by atoms with Gasteiger partial charge in [-0.15, -0.1) is 0 Å². The predicted molar refractivity (Wildman–Crippen MR) is 243 cm³/mol. The lowest BCUT2D eigenvalue weighted by atomic mass is 9.97. The summed E-state index contributed by atoms with van der Waals surface area (Å²) in [6.07, 6.45) is -10.8. The van der Waals surface area contributed by atoms with Crippen molar-refractivity contribution in [2.75, 3.05) is 33.5 Å². The van der Waals surface area contributed by atoms with E-state index in [-0.39, 0.29) is 44.4 Å². The van der Waals surface area contributed by atoms with E-state index in [0.29, 0.717) is 0 Å². The third kappa shape index (κ3) is 12.1. The molecule has 2 N–H and O–H groups in total. The van der Waals surface area contributed by atoms with Crippen molar-refractivity contribution in [3.8, 4) is 22.3 Å². The van der Waals surface area contributed by atoms with Crippen LogP contribution in [0.25, 0.3) is 22.3 Å². The minimum Gasteiger partial charge on any atom is -0.467 e. The Labute approximate surface area is 398 Å². The van der Waals surface area contributed by atoms with Gasteiger partial charge in [0, 0.05) is 46.1 Å². The number of amides is 2. The van der Waals surface area contributed by atoms with Crippen molar-refractivity contribution in [1.82, 2.24) is 10.6 Å². The molecule has 0 spiro atoms. The molecule has 7 atom stereocenters.